The Morgan fingerprint density at radius 1 is 1.20 bits per heavy atom. The molecule has 2 amide bonds. The zero-order chi connectivity index (χ0) is 18.2. The lowest BCUT2D eigenvalue weighted by Crippen LogP contribution is -2.55. The standard InChI is InChI=1S/C14H17F3N6O2/c1-2-11(24)21-5-3-4-9(6-21)12(25)22-7-10(8-22)23-13(14(15,16)17)18-19-20-23/h2,9-10H,1,3-8H2. The Morgan fingerprint density at radius 2 is 1.92 bits per heavy atom. The van der Waals surface area contributed by atoms with E-state index < -0.39 is 18.0 Å². The van der Waals surface area contributed by atoms with Gasteiger partial charge in [-0.15, -0.1) is 5.10 Å². The van der Waals surface area contributed by atoms with Crippen LogP contribution in [0.2, 0.25) is 0 Å². The zero-order valence-electron chi connectivity index (χ0n) is 13.3. The Bertz CT molecular complexity index is 682. The normalized spacial score (nSPS) is 21.8. The maximum Gasteiger partial charge on any atom is 0.453 e. The molecule has 2 fully saturated rings. The summed E-state index contributed by atoms with van der Waals surface area (Å²) in [5.41, 5.74) is 0. The van der Waals surface area contributed by atoms with Gasteiger partial charge in [-0.05, 0) is 29.3 Å². The molecule has 1 aromatic rings. The first-order valence-electron chi connectivity index (χ1n) is 7.86. The fourth-order valence-electron chi connectivity index (χ4n) is 3.18. The Hall–Kier alpha value is -2.46. The molecular formula is C14H17F3N6O2. The highest BCUT2D eigenvalue weighted by molar-refractivity contribution is 5.88. The smallest absolute Gasteiger partial charge is 0.338 e. The van der Waals surface area contributed by atoms with E-state index in [0.29, 0.717) is 25.9 Å². The molecule has 3 rings (SSSR count). The van der Waals surface area contributed by atoms with Crippen molar-refractivity contribution in [2.45, 2.75) is 25.1 Å². The molecule has 0 spiro atoms. The fraction of sp³-hybridized carbons (Fsp3) is 0.643. The van der Waals surface area contributed by atoms with Crippen LogP contribution in [0.1, 0.15) is 24.7 Å². The van der Waals surface area contributed by atoms with E-state index in [1.54, 1.807) is 4.90 Å². The average molecular weight is 358 g/mol. The topological polar surface area (TPSA) is 84.2 Å². The van der Waals surface area contributed by atoms with E-state index in [4.69, 9.17) is 0 Å². The van der Waals surface area contributed by atoms with Gasteiger partial charge in [0.2, 0.25) is 11.8 Å². The summed E-state index contributed by atoms with van der Waals surface area (Å²) in [5.74, 6) is -1.87. The third-order valence-corrected chi connectivity index (χ3v) is 4.52. The van der Waals surface area contributed by atoms with Crippen molar-refractivity contribution in [2.24, 2.45) is 5.92 Å². The number of hydrogen-bond donors (Lipinski definition) is 0. The van der Waals surface area contributed by atoms with Gasteiger partial charge in [0.05, 0.1) is 12.0 Å². The summed E-state index contributed by atoms with van der Waals surface area (Å²) < 4.78 is 39.2. The largest absolute Gasteiger partial charge is 0.453 e. The van der Waals surface area contributed by atoms with Crippen LogP contribution >= 0.6 is 0 Å². The molecule has 0 aromatic carbocycles. The van der Waals surface area contributed by atoms with Gasteiger partial charge in [-0.1, -0.05) is 6.58 Å². The molecule has 0 saturated carbocycles. The molecule has 2 aliphatic heterocycles. The highest BCUT2D eigenvalue weighted by atomic mass is 19.4. The maximum absolute atomic E-state index is 12.8. The van der Waals surface area contributed by atoms with Crippen molar-refractivity contribution in [3.63, 3.8) is 0 Å². The minimum absolute atomic E-state index is 0.124. The lowest BCUT2D eigenvalue weighted by molar-refractivity contribution is -0.152. The summed E-state index contributed by atoms with van der Waals surface area (Å²) in [4.78, 5) is 27.2. The van der Waals surface area contributed by atoms with Crippen LogP contribution < -0.4 is 0 Å². The van der Waals surface area contributed by atoms with Crippen molar-refractivity contribution < 1.29 is 22.8 Å². The van der Waals surface area contributed by atoms with Gasteiger partial charge >= 0.3 is 6.18 Å². The van der Waals surface area contributed by atoms with Crippen molar-refractivity contribution in [2.75, 3.05) is 26.2 Å². The second-order valence-electron chi connectivity index (χ2n) is 6.17. The van der Waals surface area contributed by atoms with Crippen molar-refractivity contribution in [3.8, 4) is 0 Å². The molecule has 0 radical (unpaired) electrons. The summed E-state index contributed by atoms with van der Waals surface area (Å²) in [7, 11) is 0. The molecule has 0 bridgehead atoms. The van der Waals surface area contributed by atoms with Crippen LogP contribution in [-0.2, 0) is 15.8 Å². The number of amides is 2. The highest BCUT2D eigenvalue weighted by Gasteiger charge is 2.44. The van der Waals surface area contributed by atoms with E-state index in [1.165, 1.54) is 11.0 Å². The predicted octanol–water partition coefficient (Wildman–Crippen LogP) is 0.500. The number of tetrazole rings is 1. The van der Waals surface area contributed by atoms with Crippen LogP contribution in [0.5, 0.6) is 0 Å². The Morgan fingerprint density at radius 3 is 2.56 bits per heavy atom. The van der Waals surface area contributed by atoms with Gasteiger partial charge in [-0.25, -0.2) is 4.68 Å². The molecule has 25 heavy (non-hydrogen) atoms. The number of carbonyl (C=O) groups is 2. The minimum Gasteiger partial charge on any atom is -0.338 e. The number of likely N-dealkylation sites (tertiary alicyclic amines) is 2. The van der Waals surface area contributed by atoms with Crippen LogP contribution in [-0.4, -0.2) is 68.0 Å². The lowest BCUT2D eigenvalue weighted by Gasteiger charge is -2.42. The summed E-state index contributed by atoms with van der Waals surface area (Å²) in [5, 5.41) is 9.48. The van der Waals surface area contributed by atoms with E-state index in [9.17, 15) is 22.8 Å². The van der Waals surface area contributed by atoms with Gasteiger partial charge in [-0.2, -0.15) is 13.2 Å². The molecular weight excluding hydrogens is 341 g/mol. The molecule has 0 N–H and O–H groups in total. The van der Waals surface area contributed by atoms with E-state index in [-0.39, 0.29) is 30.8 Å². The Kier molecular flexibility index (Phi) is 4.48. The van der Waals surface area contributed by atoms with Crippen LogP contribution in [0, 0.1) is 5.92 Å². The molecule has 2 aliphatic rings. The van der Waals surface area contributed by atoms with Gasteiger partial charge in [0, 0.05) is 26.2 Å². The zero-order valence-corrected chi connectivity index (χ0v) is 13.3. The third kappa shape index (κ3) is 3.35. The number of rotatable bonds is 3. The fourth-order valence-corrected chi connectivity index (χ4v) is 3.18. The predicted molar refractivity (Wildman–Crippen MR) is 77.9 cm³/mol. The van der Waals surface area contributed by atoms with Crippen molar-refractivity contribution in [3.05, 3.63) is 18.5 Å². The van der Waals surface area contributed by atoms with Crippen molar-refractivity contribution in [1.29, 1.82) is 0 Å². The average Bonchev–Trinajstić information content (AvgIpc) is 3.02. The number of piperidine rings is 1. The molecule has 3 heterocycles. The van der Waals surface area contributed by atoms with Crippen LogP contribution in [0.15, 0.2) is 12.7 Å². The van der Waals surface area contributed by atoms with Crippen molar-refractivity contribution >= 4 is 11.8 Å². The second kappa shape index (κ2) is 6.45. The summed E-state index contributed by atoms with van der Waals surface area (Å²) >= 11 is 0. The third-order valence-electron chi connectivity index (χ3n) is 4.52. The SMILES string of the molecule is C=CC(=O)N1CCCC(C(=O)N2CC(n3nnnc3C(F)(F)F)C2)C1. The number of alkyl halides is 3. The number of nitrogens with zero attached hydrogens (tertiary/aromatic N) is 6. The van der Waals surface area contributed by atoms with E-state index in [2.05, 4.69) is 22.1 Å². The van der Waals surface area contributed by atoms with E-state index in [1.807, 2.05) is 0 Å². The van der Waals surface area contributed by atoms with Gasteiger partial charge in [-0.3, -0.25) is 9.59 Å². The van der Waals surface area contributed by atoms with Gasteiger partial charge < -0.3 is 9.80 Å². The number of halogens is 3. The molecule has 0 aliphatic carbocycles. The summed E-state index contributed by atoms with van der Waals surface area (Å²) in [6, 6.07) is -0.593. The number of carbonyl (C=O) groups excluding carboxylic acids is 2. The Balaban J connectivity index is 1.59. The molecule has 2 saturated heterocycles. The minimum atomic E-state index is -4.64. The van der Waals surface area contributed by atoms with Gasteiger partial charge in [0.15, 0.2) is 0 Å². The van der Waals surface area contributed by atoms with Gasteiger partial charge in [0.25, 0.3) is 5.82 Å². The molecule has 1 aromatic heterocycles. The molecule has 1 atom stereocenters. The van der Waals surface area contributed by atoms with Crippen LogP contribution in [0.4, 0.5) is 13.2 Å². The molecule has 136 valence electrons. The second-order valence-corrected chi connectivity index (χ2v) is 6.17. The van der Waals surface area contributed by atoms with Crippen molar-refractivity contribution in [1.82, 2.24) is 30.0 Å². The highest BCUT2D eigenvalue weighted by Crippen LogP contribution is 2.32. The van der Waals surface area contributed by atoms with Crippen LogP contribution in [0.3, 0.4) is 0 Å². The quantitative estimate of drug-likeness (QED) is 0.735. The van der Waals surface area contributed by atoms with E-state index in [0.717, 1.165) is 4.68 Å². The first kappa shape index (κ1) is 17.4. The molecule has 1 unspecified atom stereocenters. The first-order chi connectivity index (χ1) is 11.8. The lowest BCUT2D eigenvalue weighted by atomic mass is 9.94. The molecule has 11 heteroatoms. The first-order valence-corrected chi connectivity index (χ1v) is 7.86. The summed E-state index contributed by atoms with van der Waals surface area (Å²) in [6.45, 7) is 4.57. The van der Waals surface area contributed by atoms with E-state index >= 15 is 0 Å². The summed E-state index contributed by atoms with van der Waals surface area (Å²) in [6.07, 6.45) is -2.07. The van der Waals surface area contributed by atoms with Gasteiger partial charge in [0.1, 0.15) is 0 Å². The maximum atomic E-state index is 12.8. The van der Waals surface area contributed by atoms with Crippen LogP contribution in [0.25, 0.3) is 0 Å². The molecule has 8 nitrogen and oxygen atoms in total. The number of aromatic nitrogens is 4. The Labute approximate surface area is 141 Å². The monoisotopic (exact) mass is 358 g/mol. The number of hydrogen-bond acceptors (Lipinski definition) is 5.